The van der Waals surface area contributed by atoms with Crippen molar-refractivity contribution in [3.63, 3.8) is 0 Å². The van der Waals surface area contributed by atoms with Gasteiger partial charge in [0.25, 0.3) is 0 Å². The molecule has 0 unspecified atom stereocenters. The standard InChI is InChI=1S/C64H52N4/c1-45-11-5-15-57(39-45)65-53-31-23-49(24-32-53)50-25-35-55(36-26-50)67(59-17-7-13-47(3)41-59)63-21-10-22-64(44-63)68(60-18-8-14-48(4)42-60)56-37-29-52(30-38-56)51-27-33-54(34-28-51)66(58-16-6-12-46(2)40-58)62-20-9-19-61(65)43-62/h5-44H,1-4H3. The minimum atomic E-state index is 1.07. The van der Waals surface area contributed by atoms with Gasteiger partial charge < -0.3 is 18.3 Å². The predicted molar refractivity (Wildman–Crippen MR) is 289 cm³/mol. The largest absolute Gasteiger partial charge is 0.310 e. The number of aromatic nitrogens is 4. The highest BCUT2D eigenvalue weighted by Crippen LogP contribution is 2.27. The van der Waals surface area contributed by atoms with Crippen molar-refractivity contribution in [1.29, 1.82) is 0 Å². The summed E-state index contributed by atoms with van der Waals surface area (Å²) < 4.78 is 9.45. The van der Waals surface area contributed by atoms with E-state index in [0.29, 0.717) is 0 Å². The lowest BCUT2D eigenvalue weighted by Gasteiger charge is -2.15. The average molecular weight is 877 g/mol. The van der Waals surface area contributed by atoms with Crippen molar-refractivity contribution in [3.8, 4) is 22.7 Å². The van der Waals surface area contributed by atoms with Gasteiger partial charge in [-0.1, -0.05) is 109 Å². The van der Waals surface area contributed by atoms with Crippen molar-refractivity contribution >= 4 is 65.7 Å². The van der Waals surface area contributed by atoms with Crippen molar-refractivity contribution in [3.05, 3.63) is 265 Å². The van der Waals surface area contributed by atoms with Gasteiger partial charge in [0, 0.05) is 66.9 Å². The topological polar surface area (TPSA) is 19.7 Å². The molecule has 7 heterocycles. The molecule has 0 aliphatic carbocycles. The fourth-order valence-electron chi connectivity index (χ4n) is 9.61. The van der Waals surface area contributed by atoms with E-state index in [1.165, 1.54) is 22.3 Å². The van der Waals surface area contributed by atoms with Crippen LogP contribution in [0.5, 0.6) is 0 Å². The molecule has 10 aromatic carbocycles. The second-order valence-corrected chi connectivity index (χ2v) is 17.9. The van der Waals surface area contributed by atoms with Crippen molar-refractivity contribution in [2.24, 2.45) is 0 Å². The lowest BCUT2D eigenvalue weighted by molar-refractivity contribution is 1.13. The second-order valence-electron chi connectivity index (χ2n) is 17.9. The minimum Gasteiger partial charge on any atom is -0.310 e. The van der Waals surface area contributed by atoms with Crippen LogP contribution in [0.4, 0.5) is 0 Å². The van der Waals surface area contributed by atoms with E-state index in [-0.39, 0.29) is 0 Å². The molecule has 0 aliphatic heterocycles. The summed E-state index contributed by atoms with van der Waals surface area (Å²) in [5.41, 5.74) is 17.8. The molecule has 0 amide bonds. The van der Waals surface area contributed by atoms with E-state index >= 15 is 0 Å². The summed E-state index contributed by atoms with van der Waals surface area (Å²) in [6.45, 7) is 8.63. The summed E-state index contributed by atoms with van der Waals surface area (Å²) in [7, 11) is 0. The van der Waals surface area contributed by atoms with Gasteiger partial charge in [0.05, 0.1) is 0 Å². The van der Waals surface area contributed by atoms with Gasteiger partial charge in [-0.15, -0.1) is 0 Å². The number of rotatable bonds is 4. The first kappa shape index (κ1) is 42.1. The third-order valence-electron chi connectivity index (χ3n) is 12.9. The fourth-order valence-corrected chi connectivity index (χ4v) is 9.61. The van der Waals surface area contributed by atoms with Crippen LogP contribution < -0.4 is 0 Å². The number of hydrogen-bond acceptors (Lipinski definition) is 0. The fraction of sp³-hybridized carbons (Fsp3) is 0.0625. The van der Waals surface area contributed by atoms with Crippen molar-refractivity contribution < 1.29 is 0 Å². The van der Waals surface area contributed by atoms with E-state index in [2.05, 4.69) is 289 Å². The molecule has 328 valence electrons. The quantitative estimate of drug-likeness (QED) is 0.168. The molecule has 7 aromatic heterocycles. The maximum absolute atomic E-state index is 2.36. The van der Waals surface area contributed by atoms with Gasteiger partial charge in [-0.05, 0) is 205 Å². The third kappa shape index (κ3) is 8.40. The van der Waals surface area contributed by atoms with Crippen LogP contribution in [0.15, 0.2) is 243 Å². The van der Waals surface area contributed by atoms with E-state index in [9.17, 15) is 0 Å². The average Bonchev–Trinajstić information content (AvgIpc) is 3.36. The number of aryl methyl sites for hydroxylation is 4. The molecular weight excluding hydrogens is 825 g/mol. The van der Waals surface area contributed by atoms with Crippen molar-refractivity contribution in [2.45, 2.75) is 27.7 Å². The first-order valence-corrected chi connectivity index (χ1v) is 23.4. The molecule has 0 N–H and O–H groups in total. The Bertz CT molecular complexity index is 3390. The SMILES string of the molecule is Cc1cccc(-n2c3ccc(cc3)c3ccc(cc3)n(-c3cccc(C)c3)c3cccc(c3)n(-c3cccc(C)c3)c3ccc(cc3)c3ccc(cc3)n(-c3cccc(C)c3)c3cccc2c3)c1. The number of nitrogens with zero attached hydrogens (tertiary/aromatic N) is 4. The Balaban J connectivity index is 1.26. The van der Waals surface area contributed by atoms with Crippen LogP contribution in [0, 0.1) is 27.7 Å². The second kappa shape index (κ2) is 18.0. The van der Waals surface area contributed by atoms with Gasteiger partial charge in [0.2, 0.25) is 0 Å². The molecule has 0 aliphatic rings. The van der Waals surface area contributed by atoms with Gasteiger partial charge in [-0.2, -0.15) is 0 Å². The Morgan fingerprint density at radius 3 is 0.603 bits per heavy atom. The molecule has 0 saturated heterocycles. The highest BCUT2D eigenvalue weighted by atomic mass is 15.0. The molecular formula is C64H52N4. The van der Waals surface area contributed by atoms with E-state index in [1.807, 2.05) is 0 Å². The summed E-state index contributed by atoms with van der Waals surface area (Å²) in [5, 5.41) is 4.60. The molecule has 0 radical (unpaired) electrons. The predicted octanol–water partition coefficient (Wildman–Crippen LogP) is 16.9. The zero-order chi connectivity index (χ0) is 46.1. The molecule has 0 fully saturated rings. The third-order valence-corrected chi connectivity index (χ3v) is 12.9. The van der Waals surface area contributed by atoms with Gasteiger partial charge in [-0.3, -0.25) is 0 Å². The molecule has 4 heteroatoms. The molecule has 0 atom stereocenters. The molecule has 12 bridgehead atoms. The monoisotopic (exact) mass is 876 g/mol. The smallest absolute Gasteiger partial charge is 0.0482 e. The molecule has 17 rings (SSSR count). The first-order valence-electron chi connectivity index (χ1n) is 23.4. The van der Waals surface area contributed by atoms with E-state index in [0.717, 1.165) is 88.4 Å². The van der Waals surface area contributed by atoms with Gasteiger partial charge in [0.15, 0.2) is 0 Å². The van der Waals surface area contributed by atoms with Crippen LogP contribution in [-0.2, 0) is 0 Å². The van der Waals surface area contributed by atoms with Crippen molar-refractivity contribution in [2.75, 3.05) is 0 Å². The van der Waals surface area contributed by atoms with Crippen LogP contribution in [0.25, 0.3) is 88.4 Å². The van der Waals surface area contributed by atoms with Gasteiger partial charge >= 0.3 is 0 Å². The molecule has 0 spiro atoms. The summed E-state index contributed by atoms with van der Waals surface area (Å²) >= 11 is 0. The molecule has 0 saturated carbocycles. The van der Waals surface area contributed by atoms with Crippen LogP contribution in [-0.4, -0.2) is 18.3 Å². The van der Waals surface area contributed by atoms with E-state index in [1.54, 1.807) is 0 Å². The normalized spacial score (nSPS) is 11.2. The van der Waals surface area contributed by atoms with E-state index < -0.39 is 0 Å². The summed E-state index contributed by atoms with van der Waals surface area (Å²) in [6.07, 6.45) is 0. The lowest BCUT2D eigenvalue weighted by atomic mass is 10.1. The Kier molecular flexibility index (Phi) is 11.1. The van der Waals surface area contributed by atoms with Crippen LogP contribution in [0.1, 0.15) is 22.3 Å². The number of benzene rings is 10. The molecule has 68 heavy (non-hydrogen) atoms. The maximum atomic E-state index is 2.36. The zero-order valence-corrected chi connectivity index (χ0v) is 38.9. The Hall–Kier alpha value is -8.60. The summed E-state index contributed by atoms with van der Waals surface area (Å²) in [6, 6.07) is 88.8. The Morgan fingerprint density at radius 1 is 0.191 bits per heavy atom. The summed E-state index contributed by atoms with van der Waals surface area (Å²) in [4.78, 5) is 0. The van der Waals surface area contributed by atoms with E-state index in [4.69, 9.17) is 0 Å². The van der Waals surface area contributed by atoms with Gasteiger partial charge in [-0.25, -0.2) is 0 Å². The van der Waals surface area contributed by atoms with Crippen molar-refractivity contribution in [1.82, 2.24) is 18.3 Å². The number of hydrogen-bond donors (Lipinski definition) is 0. The molecule has 17 aromatic rings. The molecule has 4 nitrogen and oxygen atoms in total. The first-order chi connectivity index (χ1) is 33.3. The Labute approximate surface area is 397 Å². The summed E-state index contributed by atoms with van der Waals surface area (Å²) in [5.74, 6) is 0. The highest BCUT2D eigenvalue weighted by molar-refractivity contribution is 5.87. The van der Waals surface area contributed by atoms with Crippen LogP contribution in [0.2, 0.25) is 0 Å². The van der Waals surface area contributed by atoms with Crippen LogP contribution in [0.3, 0.4) is 0 Å². The lowest BCUT2D eigenvalue weighted by Crippen LogP contribution is -2.00. The van der Waals surface area contributed by atoms with Gasteiger partial charge in [0.1, 0.15) is 0 Å². The zero-order valence-electron chi connectivity index (χ0n) is 38.9. The Morgan fingerprint density at radius 2 is 0.397 bits per heavy atom. The minimum absolute atomic E-state index is 1.07. The maximum Gasteiger partial charge on any atom is 0.0482 e. The van der Waals surface area contributed by atoms with Crippen LogP contribution >= 0.6 is 0 Å². The highest BCUT2D eigenvalue weighted by Gasteiger charge is 2.08.